The van der Waals surface area contributed by atoms with Crippen molar-refractivity contribution in [2.45, 2.75) is 76.4 Å². The first-order chi connectivity index (χ1) is 12.0. The molecule has 0 radical (unpaired) electrons. The Kier molecular flexibility index (Phi) is 8.22. The Morgan fingerprint density at radius 2 is 2.00 bits per heavy atom. The molecule has 3 heterocycles. The molecule has 2 unspecified atom stereocenters. The topological polar surface area (TPSA) is 39.7 Å². The van der Waals surface area contributed by atoms with E-state index in [1.807, 2.05) is 11.3 Å². The monoisotopic (exact) mass is 490 g/mol. The maximum atomic E-state index is 4.94. The van der Waals surface area contributed by atoms with Gasteiger partial charge in [-0.15, -0.1) is 35.3 Å². The van der Waals surface area contributed by atoms with Crippen LogP contribution in [0.25, 0.3) is 0 Å². The van der Waals surface area contributed by atoms with Crippen molar-refractivity contribution in [3.05, 3.63) is 22.4 Å². The molecule has 2 saturated heterocycles. The molecule has 2 aliphatic rings. The predicted molar refractivity (Wildman–Crippen MR) is 124 cm³/mol. The fourth-order valence-corrected chi connectivity index (χ4v) is 5.11. The SMILES string of the molecule is CCNC(=NCC(C)(C)c1cccs1)NC1CC2CCCC(C1)N2C.I. The zero-order chi connectivity index (χ0) is 17.9. The molecule has 4 nitrogen and oxygen atoms in total. The lowest BCUT2D eigenvalue weighted by atomic mass is 9.82. The summed E-state index contributed by atoms with van der Waals surface area (Å²) < 4.78 is 0. The summed E-state index contributed by atoms with van der Waals surface area (Å²) >= 11 is 1.83. The van der Waals surface area contributed by atoms with Crippen LogP contribution in [0.2, 0.25) is 0 Å². The fourth-order valence-electron chi connectivity index (χ4n) is 4.27. The minimum absolute atomic E-state index is 0. The van der Waals surface area contributed by atoms with Crippen molar-refractivity contribution >= 4 is 41.3 Å². The van der Waals surface area contributed by atoms with Gasteiger partial charge in [0.15, 0.2) is 5.96 Å². The number of aliphatic imine (C=N–C) groups is 1. The van der Waals surface area contributed by atoms with Crippen LogP contribution in [0.5, 0.6) is 0 Å². The molecule has 6 heteroatoms. The van der Waals surface area contributed by atoms with Gasteiger partial charge in [-0.2, -0.15) is 0 Å². The van der Waals surface area contributed by atoms with E-state index in [0.29, 0.717) is 6.04 Å². The van der Waals surface area contributed by atoms with Gasteiger partial charge in [0.05, 0.1) is 6.54 Å². The molecule has 2 atom stereocenters. The van der Waals surface area contributed by atoms with Gasteiger partial charge in [-0.05, 0) is 51.1 Å². The Morgan fingerprint density at radius 1 is 1.31 bits per heavy atom. The van der Waals surface area contributed by atoms with Crippen molar-refractivity contribution in [1.82, 2.24) is 15.5 Å². The molecule has 26 heavy (non-hydrogen) atoms. The first kappa shape index (κ1) is 22.0. The van der Waals surface area contributed by atoms with Gasteiger partial charge in [0, 0.05) is 35.0 Å². The highest BCUT2D eigenvalue weighted by Crippen LogP contribution is 2.32. The Hall–Kier alpha value is -0.340. The molecular formula is C20H35IN4S. The third-order valence-electron chi connectivity index (χ3n) is 5.85. The molecular weight excluding hydrogens is 455 g/mol. The van der Waals surface area contributed by atoms with E-state index in [9.17, 15) is 0 Å². The van der Waals surface area contributed by atoms with Crippen molar-refractivity contribution in [3.63, 3.8) is 0 Å². The van der Waals surface area contributed by atoms with Gasteiger partial charge < -0.3 is 15.5 Å². The molecule has 0 aliphatic carbocycles. The van der Waals surface area contributed by atoms with Gasteiger partial charge in [-0.25, -0.2) is 0 Å². The van der Waals surface area contributed by atoms with E-state index in [1.54, 1.807) is 0 Å². The van der Waals surface area contributed by atoms with Crippen LogP contribution >= 0.6 is 35.3 Å². The van der Waals surface area contributed by atoms with E-state index in [0.717, 1.165) is 31.1 Å². The largest absolute Gasteiger partial charge is 0.357 e. The van der Waals surface area contributed by atoms with Gasteiger partial charge in [-0.3, -0.25) is 4.99 Å². The minimum Gasteiger partial charge on any atom is -0.357 e. The number of guanidine groups is 1. The lowest BCUT2D eigenvalue weighted by Crippen LogP contribution is -2.56. The first-order valence-corrected chi connectivity index (χ1v) is 10.7. The van der Waals surface area contributed by atoms with Crippen LogP contribution in [0.3, 0.4) is 0 Å². The van der Waals surface area contributed by atoms with E-state index in [4.69, 9.17) is 4.99 Å². The lowest BCUT2D eigenvalue weighted by Gasteiger charge is -2.47. The quantitative estimate of drug-likeness (QED) is 0.369. The van der Waals surface area contributed by atoms with E-state index >= 15 is 0 Å². The molecule has 2 N–H and O–H groups in total. The van der Waals surface area contributed by atoms with Crippen LogP contribution in [-0.2, 0) is 5.41 Å². The molecule has 0 aromatic carbocycles. The number of rotatable bonds is 5. The fraction of sp³-hybridized carbons (Fsp3) is 0.750. The van der Waals surface area contributed by atoms with Crippen LogP contribution in [0.1, 0.15) is 57.8 Å². The van der Waals surface area contributed by atoms with Gasteiger partial charge in [-0.1, -0.05) is 26.3 Å². The second-order valence-electron chi connectivity index (χ2n) is 8.27. The van der Waals surface area contributed by atoms with E-state index in [2.05, 4.69) is 60.9 Å². The number of nitrogens with zero attached hydrogens (tertiary/aromatic N) is 2. The van der Waals surface area contributed by atoms with E-state index in [-0.39, 0.29) is 29.4 Å². The van der Waals surface area contributed by atoms with E-state index in [1.165, 1.54) is 37.0 Å². The Bertz CT molecular complexity index is 558. The molecule has 2 aliphatic heterocycles. The smallest absolute Gasteiger partial charge is 0.191 e. The van der Waals surface area contributed by atoms with Crippen LogP contribution in [-0.4, -0.2) is 49.1 Å². The van der Waals surface area contributed by atoms with E-state index < -0.39 is 0 Å². The molecule has 0 saturated carbocycles. The molecule has 0 spiro atoms. The van der Waals surface area contributed by atoms with Crippen molar-refractivity contribution in [2.75, 3.05) is 20.1 Å². The molecule has 1 aromatic heterocycles. The molecule has 2 bridgehead atoms. The Morgan fingerprint density at radius 3 is 2.58 bits per heavy atom. The molecule has 0 amide bonds. The van der Waals surface area contributed by atoms with Crippen LogP contribution in [0.15, 0.2) is 22.5 Å². The number of piperidine rings is 2. The zero-order valence-corrected chi connectivity index (χ0v) is 19.8. The molecule has 3 rings (SSSR count). The highest BCUT2D eigenvalue weighted by atomic mass is 127. The third kappa shape index (κ3) is 5.35. The second kappa shape index (κ2) is 9.73. The van der Waals surface area contributed by atoms with Crippen molar-refractivity contribution in [2.24, 2.45) is 4.99 Å². The van der Waals surface area contributed by atoms with Crippen LogP contribution in [0.4, 0.5) is 0 Å². The Labute approximate surface area is 180 Å². The average Bonchev–Trinajstić information content (AvgIpc) is 3.09. The zero-order valence-electron chi connectivity index (χ0n) is 16.6. The predicted octanol–water partition coefficient (Wildman–Crippen LogP) is 4.21. The van der Waals surface area contributed by atoms with Gasteiger partial charge in [0.2, 0.25) is 0 Å². The Balaban J connectivity index is 0.00000243. The van der Waals surface area contributed by atoms with Crippen molar-refractivity contribution in [3.8, 4) is 0 Å². The maximum absolute atomic E-state index is 4.94. The highest BCUT2D eigenvalue weighted by Gasteiger charge is 2.36. The van der Waals surface area contributed by atoms with Crippen molar-refractivity contribution in [1.29, 1.82) is 0 Å². The number of nitrogens with one attached hydrogen (secondary N) is 2. The second-order valence-corrected chi connectivity index (χ2v) is 9.22. The van der Waals surface area contributed by atoms with Gasteiger partial charge >= 0.3 is 0 Å². The van der Waals surface area contributed by atoms with Crippen LogP contribution < -0.4 is 10.6 Å². The standard InChI is InChI=1S/C20H34N4S.HI/c1-5-21-19(22-14-20(2,3)18-10-7-11-25-18)23-15-12-16-8-6-9-17(13-15)24(16)4;/h7,10-11,15-17H,5-6,8-9,12-14H2,1-4H3,(H2,21,22,23);1H. The number of halogens is 1. The summed E-state index contributed by atoms with van der Waals surface area (Å²) in [5.74, 6) is 0.986. The number of thiophene rings is 1. The number of fused-ring (bicyclic) bond motifs is 2. The van der Waals surface area contributed by atoms with Gasteiger partial charge in [0.25, 0.3) is 0 Å². The summed E-state index contributed by atoms with van der Waals surface area (Å²) in [6.45, 7) is 8.43. The molecule has 148 valence electrons. The highest BCUT2D eigenvalue weighted by molar-refractivity contribution is 14.0. The van der Waals surface area contributed by atoms with Crippen molar-refractivity contribution < 1.29 is 0 Å². The average molecular weight is 490 g/mol. The van der Waals surface area contributed by atoms with Crippen LogP contribution in [0, 0.1) is 0 Å². The lowest BCUT2D eigenvalue weighted by molar-refractivity contribution is 0.0526. The molecule has 2 fully saturated rings. The summed E-state index contributed by atoms with van der Waals surface area (Å²) in [6.07, 6.45) is 6.58. The summed E-state index contributed by atoms with van der Waals surface area (Å²) in [7, 11) is 2.31. The minimum atomic E-state index is 0. The summed E-state index contributed by atoms with van der Waals surface area (Å²) in [5.41, 5.74) is 0.0831. The number of hydrogen-bond acceptors (Lipinski definition) is 3. The first-order valence-electron chi connectivity index (χ1n) is 9.80. The van der Waals surface area contributed by atoms with Gasteiger partial charge in [0.1, 0.15) is 0 Å². The molecule has 1 aromatic rings. The number of hydrogen-bond donors (Lipinski definition) is 2. The normalized spacial score (nSPS) is 26.9. The third-order valence-corrected chi connectivity index (χ3v) is 7.08. The summed E-state index contributed by atoms with van der Waals surface area (Å²) in [6, 6.07) is 6.39. The summed E-state index contributed by atoms with van der Waals surface area (Å²) in [4.78, 5) is 8.96. The maximum Gasteiger partial charge on any atom is 0.191 e. The summed E-state index contributed by atoms with van der Waals surface area (Å²) in [5, 5.41) is 9.35.